The van der Waals surface area contributed by atoms with E-state index in [1.54, 1.807) is 18.2 Å². The van der Waals surface area contributed by atoms with Gasteiger partial charge in [-0.25, -0.2) is 4.39 Å². The average Bonchev–Trinajstić information content (AvgIpc) is 2.82. The Hall–Kier alpha value is -2.89. The van der Waals surface area contributed by atoms with Gasteiger partial charge in [0, 0.05) is 55.0 Å². The van der Waals surface area contributed by atoms with Crippen molar-refractivity contribution in [2.75, 3.05) is 24.5 Å². The summed E-state index contributed by atoms with van der Waals surface area (Å²) >= 11 is 6.18. The zero-order valence-electron chi connectivity index (χ0n) is 19.0. The van der Waals surface area contributed by atoms with E-state index in [1.807, 2.05) is 31.2 Å². The van der Waals surface area contributed by atoms with Gasteiger partial charge in [0.15, 0.2) is 0 Å². The summed E-state index contributed by atoms with van der Waals surface area (Å²) in [4.78, 5) is 17.6. The molecule has 0 aromatic heterocycles. The largest absolute Gasteiger partial charge is 0.368 e. The number of nitrogens with zero attached hydrogens (tertiary/aromatic N) is 2. The zero-order chi connectivity index (χ0) is 23.4. The highest BCUT2D eigenvalue weighted by molar-refractivity contribution is 6.31. The van der Waals surface area contributed by atoms with Gasteiger partial charge in [-0.1, -0.05) is 48.0 Å². The first kappa shape index (κ1) is 23.3. The van der Waals surface area contributed by atoms with E-state index >= 15 is 0 Å². The molecule has 3 aromatic rings. The minimum Gasteiger partial charge on any atom is -0.368 e. The predicted octanol–water partition coefficient (Wildman–Crippen LogP) is 5.43. The van der Waals surface area contributed by atoms with Crippen LogP contribution in [0, 0.1) is 12.7 Å². The summed E-state index contributed by atoms with van der Waals surface area (Å²) in [7, 11) is 0. The molecule has 172 valence electrons. The van der Waals surface area contributed by atoms with Crippen LogP contribution in [-0.2, 0) is 13.1 Å². The van der Waals surface area contributed by atoms with Crippen molar-refractivity contribution < 1.29 is 9.18 Å². The van der Waals surface area contributed by atoms with Crippen molar-refractivity contribution in [2.24, 2.45) is 0 Å². The van der Waals surface area contributed by atoms with Gasteiger partial charge in [0.05, 0.1) is 0 Å². The van der Waals surface area contributed by atoms with Crippen molar-refractivity contribution in [2.45, 2.75) is 33.0 Å². The third kappa shape index (κ3) is 5.55. The van der Waals surface area contributed by atoms with E-state index in [0.717, 1.165) is 48.6 Å². The predicted molar refractivity (Wildman–Crippen MR) is 132 cm³/mol. The van der Waals surface area contributed by atoms with E-state index < -0.39 is 0 Å². The standard InChI is InChI=1S/C27H29ClFN3O/c1-19-17-32(15-14-31(19)18-21-10-12-23(29)13-11-21)26-9-4-3-6-22(26)16-30-27(33)24-7-5-8-25(28)20(24)2/h3-13,19H,14-18H2,1-2H3,(H,30,33). The molecule has 0 spiro atoms. The SMILES string of the molecule is Cc1c(Cl)cccc1C(=O)NCc1ccccc1N1CCN(Cc2ccc(F)cc2)C(C)C1. The minimum absolute atomic E-state index is 0.123. The number of piperazine rings is 1. The smallest absolute Gasteiger partial charge is 0.251 e. The number of hydrogen-bond donors (Lipinski definition) is 1. The van der Waals surface area contributed by atoms with E-state index in [-0.39, 0.29) is 11.7 Å². The highest BCUT2D eigenvalue weighted by atomic mass is 35.5. The molecular formula is C27H29ClFN3O. The molecule has 33 heavy (non-hydrogen) atoms. The number of para-hydroxylation sites is 1. The van der Waals surface area contributed by atoms with Crippen LogP contribution >= 0.6 is 11.6 Å². The maximum absolute atomic E-state index is 13.2. The molecule has 1 amide bonds. The maximum atomic E-state index is 13.2. The summed E-state index contributed by atoms with van der Waals surface area (Å²) in [5.74, 6) is -0.326. The number of rotatable bonds is 6. The lowest BCUT2D eigenvalue weighted by molar-refractivity contribution is 0.0950. The van der Waals surface area contributed by atoms with E-state index in [1.165, 1.54) is 12.1 Å². The fraction of sp³-hybridized carbons (Fsp3) is 0.296. The van der Waals surface area contributed by atoms with Crippen LogP contribution in [0.4, 0.5) is 10.1 Å². The van der Waals surface area contributed by atoms with Gasteiger partial charge < -0.3 is 10.2 Å². The molecule has 1 heterocycles. The van der Waals surface area contributed by atoms with Gasteiger partial charge in [0.2, 0.25) is 0 Å². The normalized spacial score (nSPS) is 16.6. The third-order valence-corrected chi connectivity index (χ3v) is 6.76. The Labute approximate surface area is 200 Å². The Balaban J connectivity index is 1.40. The van der Waals surface area contributed by atoms with E-state index in [9.17, 15) is 9.18 Å². The van der Waals surface area contributed by atoms with Crippen molar-refractivity contribution in [3.63, 3.8) is 0 Å². The van der Waals surface area contributed by atoms with Crippen LogP contribution < -0.4 is 10.2 Å². The van der Waals surface area contributed by atoms with Crippen LogP contribution in [0.2, 0.25) is 5.02 Å². The lowest BCUT2D eigenvalue weighted by atomic mass is 10.1. The van der Waals surface area contributed by atoms with Gasteiger partial charge in [-0.15, -0.1) is 0 Å². The Bertz CT molecular complexity index is 1120. The molecule has 1 aliphatic rings. The molecule has 0 radical (unpaired) electrons. The highest BCUT2D eigenvalue weighted by Gasteiger charge is 2.25. The summed E-state index contributed by atoms with van der Waals surface area (Å²) in [6, 6.07) is 20.7. The molecule has 6 heteroatoms. The van der Waals surface area contributed by atoms with Crippen LogP contribution in [0.1, 0.15) is 34.0 Å². The number of benzene rings is 3. The van der Waals surface area contributed by atoms with Crippen LogP contribution in [0.25, 0.3) is 0 Å². The molecule has 0 aliphatic carbocycles. The van der Waals surface area contributed by atoms with Gasteiger partial charge in [-0.2, -0.15) is 0 Å². The molecule has 1 aliphatic heterocycles. The summed E-state index contributed by atoms with van der Waals surface area (Å²) in [6.07, 6.45) is 0. The Morgan fingerprint density at radius 1 is 1.06 bits per heavy atom. The second-order valence-electron chi connectivity index (χ2n) is 8.62. The summed E-state index contributed by atoms with van der Waals surface area (Å²) in [6.45, 7) is 8.04. The van der Waals surface area contributed by atoms with E-state index in [0.29, 0.717) is 23.2 Å². The first-order chi connectivity index (χ1) is 15.9. The number of carbonyl (C=O) groups excluding carboxylic acids is 1. The monoisotopic (exact) mass is 465 g/mol. The van der Waals surface area contributed by atoms with Gasteiger partial charge >= 0.3 is 0 Å². The molecule has 0 saturated carbocycles. The van der Waals surface area contributed by atoms with Crippen LogP contribution in [0.3, 0.4) is 0 Å². The first-order valence-electron chi connectivity index (χ1n) is 11.3. The van der Waals surface area contributed by atoms with Crippen molar-refractivity contribution in [3.8, 4) is 0 Å². The number of halogens is 2. The first-order valence-corrected chi connectivity index (χ1v) is 11.6. The summed E-state index contributed by atoms with van der Waals surface area (Å²) < 4.78 is 13.2. The topological polar surface area (TPSA) is 35.6 Å². The average molecular weight is 466 g/mol. The molecule has 4 rings (SSSR count). The lowest BCUT2D eigenvalue weighted by Crippen LogP contribution is -2.51. The Kier molecular flexibility index (Phi) is 7.31. The Morgan fingerprint density at radius 3 is 2.58 bits per heavy atom. The number of anilines is 1. The zero-order valence-corrected chi connectivity index (χ0v) is 19.8. The molecule has 1 fully saturated rings. The highest BCUT2D eigenvalue weighted by Crippen LogP contribution is 2.25. The van der Waals surface area contributed by atoms with Crippen molar-refractivity contribution in [1.82, 2.24) is 10.2 Å². The van der Waals surface area contributed by atoms with Crippen molar-refractivity contribution >= 4 is 23.2 Å². The van der Waals surface area contributed by atoms with Crippen LogP contribution in [-0.4, -0.2) is 36.5 Å². The molecule has 1 saturated heterocycles. The summed E-state index contributed by atoms with van der Waals surface area (Å²) in [5.41, 5.74) is 4.74. The second-order valence-corrected chi connectivity index (χ2v) is 9.02. The van der Waals surface area contributed by atoms with E-state index in [4.69, 9.17) is 11.6 Å². The third-order valence-electron chi connectivity index (χ3n) is 6.35. The molecule has 3 aromatic carbocycles. The van der Waals surface area contributed by atoms with Crippen LogP contribution in [0.5, 0.6) is 0 Å². The number of amides is 1. The maximum Gasteiger partial charge on any atom is 0.251 e. The Morgan fingerprint density at radius 2 is 1.82 bits per heavy atom. The fourth-order valence-electron chi connectivity index (χ4n) is 4.37. The molecule has 4 nitrogen and oxygen atoms in total. The quantitative estimate of drug-likeness (QED) is 0.527. The van der Waals surface area contributed by atoms with Crippen molar-refractivity contribution in [3.05, 3.63) is 99.8 Å². The van der Waals surface area contributed by atoms with Gasteiger partial charge in [0.1, 0.15) is 5.82 Å². The van der Waals surface area contributed by atoms with Gasteiger partial charge in [-0.3, -0.25) is 9.69 Å². The van der Waals surface area contributed by atoms with Crippen LogP contribution in [0.15, 0.2) is 66.7 Å². The molecular weight excluding hydrogens is 437 g/mol. The van der Waals surface area contributed by atoms with Crippen molar-refractivity contribution in [1.29, 1.82) is 0 Å². The lowest BCUT2D eigenvalue weighted by Gasteiger charge is -2.41. The number of nitrogens with one attached hydrogen (secondary N) is 1. The molecule has 1 atom stereocenters. The second kappa shape index (κ2) is 10.4. The molecule has 1 unspecified atom stereocenters. The number of hydrogen-bond acceptors (Lipinski definition) is 3. The van der Waals surface area contributed by atoms with Gasteiger partial charge in [0.25, 0.3) is 5.91 Å². The number of carbonyl (C=O) groups is 1. The fourth-order valence-corrected chi connectivity index (χ4v) is 4.54. The summed E-state index contributed by atoms with van der Waals surface area (Å²) in [5, 5.41) is 3.65. The molecule has 1 N–H and O–H groups in total. The molecule has 0 bridgehead atoms. The van der Waals surface area contributed by atoms with E-state index in [2.05, 4.69) is 34.2 Å². The minimum atomic E-state index is -0.203. The van der Waals surface area contributed by atoms with Gasteiger partial charge in [-0.05, 0) is 60.9 Å².